The van der Waals surface area contributed by atoms with E-state index in [1.165, 1.54) is 0 Å². The SMILES string of the molecule is CCc1nc(NCCN2CCOCC2)cc(OCCOC)n1. The van der Waals surface area contributed by atoms with Crippen molar-refractivity contribution < 1.29 is 14.2 Å². The highest BCUT2D eigenvalue weighted by Gasteiger charge is 2.10. The van der Waals surface area contributed by atoms with Gasteiger partial charge in [-0.3, -0.25) is 4.90 Å². The normalized spacial score (nSPS) is 15.7. The topological polar surface area (TPSA) is 68.7 Å². The van der Waals surface area contributed by atoms with Crippen LogP contribution in [0, 0.1) is 0 Å². The lowest BCUT2D eigenvalue weighted by Gasteiger charge is -2.26. The van der Waals surface area contributed by atoms with Crippen molar-refractivity contribution in [2.24, 2.45) is 0 Å². The summed E-state index contributed by atoms with van der Waals surface area (Å²) in [6, 6.07) is 1.84. The minimum absolute atomic E-state index is 0.490. The number of ether oxygens (including phenoxy) is 3. The number of methoxy groups -OCH3 is 1. The number of aryl methyl sites for hydroxylation is 1. The number of rotatable bonds is 9. The summed E-state index contributed by atoms with van der Waals surface area (Å²) in [7, 11) is 1.65. The fourth-order valence-corrected chi connectivity index (χ4v) is 2.19. The van der Waals surface area contributed by atoms with Crippen LogP contribution < -0.4 is 10.1 Å². The highest BCUT2D eigenvalue weighted by molar-refractivity contribution is 5.38. The van der Waals surface area contributed by atoms with Crippen LogP contribution in [0.5, 0.6) is 5.88 Å². The Hall–Kier alpha value is -1.44. The second kappa shape index (κ2) is 9.55. The number of aromatic nitrogens is 2. The first-order valence-corrected chi connectivity index (χ1v) is 7.85. The van der Waals surface area contributed by atoms with Gasteiger partial charge >= 0.3 is 0 Å². The summed E-state index contributed by atoms with van der Waals surface area (Å²) in [5.74, 6) is 2.19. The molecule has 22 heavy (non-hydrogen) atoms. The Kier molecular flexibility index (Phi) is 7.35. The molecule has 0 spiro atoms. The van der Waals surface area contributed by atoms with E-state index >= 15 is 0 Å². The fourth-order valence-electron chi connectivity index (χ4n) is 2.19. The zero-order valence-corrected chi connectivity index (χ0v) is 13.5. The molecule has 7 heteroatoms. The molecule has 0 radical (unpaired) electrons. The van der Waals surface area contributed by atoms with Gasteiger partial charge in [-0.1, -0.05) is 6.92 Å². The molecule has 1 aromatic heterocycles. The van der Waals surface area contributed by atoms with Gasteiger partial charge in [-0.05, 0) is 0 Å². The van der Waals surface area contributed by atoms with E-state index < -0.39 is 0 Å². The van der Waals surface area contributed by atoms with E-state index in [0.29, 0.717) is 19.1 Å². The molecule has 0 atom stereocenters. The van der Waals surface area contributed by atoms with Crippen molar-refractivity contribution in [3.8, 4) is 5.88 Å². The molecule has 7 nitrogen and oxygen atoms in total. The molecule has 1 aliphatic rings. The summed E-state index contributed by atoms with van der Waals surface area (Å²) in [6.07, 6.45) is 0.777. The Morgan fingerprint density at radius 2 is 2.09 bits per heavy atom. The number of nitrogens with zero attached hydrogens (tertiary/aromatic N) is 3. The van der Waals surface area contributed by atoms with Gasteiger partial charge < -0.3 is 19.5 Å². The molecular weight excluding hydrogens is 284 g/mol. The van der Waals surface area contributed by atoms with Crippen molar-refractivity contribution in [3.05, 3.63) is 11.9 Å². The zero-order valence-electron chi connectivity index (χ0n) is 13.5. The molecule has 0 bridgehead atoms. The lowest BCUT2D eigenvalue weighted by atomic mass is 10.4. The molecule has 0 saturated carbocycles. The van der Waals surface area contributed by atoms with E-state index in [1.807, 2.05) is 13.0 Å². The maximum atomic E-state index is 5.58. The van der Waals surface area contributed by atoms with Gasteiger partial charge in [-0.2, -0.15) is 4.98 Å². The molecule has 2 rings (SSSR count). The number of hydrogen-bond donors (Lipinski definition) is 1. The Morgan fingerprint density at radius 3 is 2.82 bits per heavy atom. The lowest BCUT2D eigenvalue weighted by molar-refractivity contribution is 0.0398. The van der Waals surface area contributed by atoms with Gasteiger partial charge in [-0.15, -0.1) is 0 Å². The third kappa shape index (κ3) is 5.75. The molecule has 1 aliphatic heterocycles. The first-order valence-electron chi connectivity index (χ1n) is 7.85. The van der Waals surface area contributed by atoms with Gasteiger partial charge in [0.05, 0.1) is 19.8 Å². The smallest absolute Gasteiger partial charge is 0.218 e. The highest BCUT2D eigenvalue weighted by atomic mass is 16.5. The average molecular weight is 310 g/mol. The van der Waals surface area contributed by atoms with Crippen LogP contribution in [0.2, 0.25) is 0 Å². The van der Waals surface area contributed by atoms with Crippen molar-refractivity contribution in [1.29, 1.82) is 0 Å². The molecule has 1 fully saturated rings. The van der Waals surface area contributed by atoms with Gasteiger partial charge in [-0.25, -0.2) is 4.98 Å². The van der Waals surface area contributed by atoms with Crippen LogP contribution in [-0.4, -0.2) is 74.6 Å². The van der Waals surface area contributed by atoms with Gasteiger partial charge in [0.15, 0.2) is 0 Å². The average Bonchev–Trinajstić information content (AvgIpc) is 2.56. The predicted molar refractivity (Wildman–Crippen MR) is 84.5 cm³/mol. The molecule has 0 aliphatic carbocycles. The summed E-state index contributed by atoms with van der Waals surface area (Å²) in [5, 5.41) is 3.35. The standard InChI is InChI=1S/C15H26N4O3/c1-3-13-17-14(12-15(18-13)22-11-10-20-2)16-4-5-19-6-8-21-9-7-19/h12H,3-11H2,1-2H3,(H,16,17,18). The van der Waals surface area contributed by atoms with Crippen molar-refractivity contribution in [3.63, 3.8) is 0 Å². The maximum absolute atomic E-state index is 5.58. The molecule has 0 amide bonds. The van der Waals surface area contributed by atoms with Crippen molar-refractivity contribution in [2.75, 3.05) is 65.0 Å². The van der Waals surface area contributed by atoms with Crippen LogP contribution in [0.15, 0.2) is 6.07 Å². The Morgan fingerprint density at radius 1 is 1.27 bits per heavy atom. The second-order valence-corrected chi connectivity index (χ2v) is 5.08. The van der Waals surface area contributed by atoms with E-state index in [0.717, 1.165) is 57.5 Å². The quantitative estimate of drug-likeness (QED) is 0.677. The third-order valence-corrected chi connectivity index (χ3v) is 3.44. The number of anilines is 1. The molecule has 1 aromatic rings. The van der Waals surface area contributed by atoms with Gasteiger partial charge in [0.2, 0.25) is 5.88 Å². The molecule has 2 heterocycles. The molecule has 1 saturated heterocycles. The molecule has 124 valence electrons. The second-order valence-electron chi connectivity index (χ2n) is 5.08. The molecule has 0 aromatic carbocycles. The van der Waals surface area contributed by atoms with E-state index in [-0.39, 0.29) is 0 Å². The van der Waals surface area contributed by atoms with Gasteiger partial charge in [0.1, 0.15) is 18.2 Å². The highest BCUT2D eigenvalue weighted by Crippen LogP contribution is 2.14. The summed E-state index contributed by atoms with van der Waals surface area (Å²) in [5.41, 5.74) is 0. The lowest BCUT2D eigenvalue weighted by Crippen LogP contribution is -2.39. The Bertz CT molecular complexity index is 439. The van der Waals surface area contributed by atoms with E-state index in [1.54, 1.807) is 7.11 Å². The Labute approximate surface area is 132 Å². The third-order valence-electron chi connectivity index (χ3n) is 3.44. The van der Waals surface area contributed by atoms with E-state index in [4.69, 9.17) is 14.2 Å². The summed E-state index contributed by atoms with van der Waals surface area (Å²) < 4.78 is 15.9. The Balaban J connectivity index is 1.84. The monoisotopic (exact) mass is 310 g/mol. The van der Waals surface area contributed by atoms with Crippen LogP contribution in [0.25, 0.3) is 0 Å². The first kappa shape index (κ1) is 16.9. The van der Waals surface area contributed by atoms with Gasteiger partial charge in [0.25, 0.3) is 0 Å². The largest absolute Gasteiger partial charge is 0.475 e. The number of nitrogens with one attached hydrogen (secondary N) is 1. The number of morpholine rings is 1. The minimum atomic E-state index is 0.490. The van der Waals surface area contributed by atoms with Crippen LogP contribution >= 0.6 is 0 Å². The first-order chi connectivity index (χ1) is 10.8. The molecule has 0 unspecified atom stereocenters. The maximum Gasteiger partial charge on any atom is 0.218 e. The number of hydrogen-bond acceptors (Lipinski definition) is 7. The van der Waals surface area contributed by atoms with Crippen LogP contribution in [0.4, 0.5) is 5.82 Å². The molecule has 1 N–H and O–H groups in total. The van der Waals surface area contributed by atoms with E-state index in [2.05, 4.69) is 20.2 Å². The van der Waals surface area contributed by atoms with Gasteiger partial charge in [0, 0.05) is 45.8 Å². The van der Waals surface area contributed by atoms with Crippen LogP contribution in [0.1, 0.15) is 12.7 Å². The minimum Gasteiger partial charge on any atom is -0.475 e. The van der Waals surface area contributed by atoms with Crippen molar-refractivity contribution >= 4 is 5.82 Å². The summed E-state index contributed by atoms with van der Waals surface area (Å²) in [6.45, 7) is 8.54. The van der Waals surface area contributed by atoms with Crippen LogP contribution in [0.3, 0.4) is 0 Å². The molecular formula is C15H26N4O3. The zero-order chi connectivity index (χ0) is 15.6. The summed E-state index contributed by atoms with van der Waals surface area (Å²) in [4.78, 5) is 11.2. The summed E-state index contributed by atoms with van der Waals surface area (Å²) >= 11 is 0. The predicted octanol–water partition coefficient (Wildman–Crippen LogP) is 0.808. The fraction of sp³-hybridized carbons (Fsp3) is 0.733. The van der Waals surface area contributed by atoms with Crippen molar-refractivity contribution in [1.82, 2.24) is 14.9 Å². The van der Waals surface area contributed by atoms with E-state index in [9.17, 15) is 0 Å². The van der Waals surface area contributed by atoms with Crippen molar-refractivity contribution in [2.45, 2.75) is 13.3 Å². The van der Waals surface area contributed by atoms with Crippen LogP contribution in [-0.2, 0) is 15.9 Å².